The molecule has 6 nitrogen and oxygen atoms in total. The van der Waals surface area contributed by atoms with Crippen molar-refractivity contribution in [3.05, 3.63) is 53.1 Å². The molecule has 0 unspecified atom stereocenters. The molecular formula is C19H25N3O3S. The summed E-state index contributed by atoms with van der Waals surface area (Å²) in [6.07, 6.45) is 0. The van der Waals surface area contributed by atoms with Crippen molar-refractivity contribution in [2.45, 2.75) is 25.7 Å². The molecule has 1 amide bonds. The van der Waals surface area contributed by atoms with Gasteiger partial charge < -0.3 is 10.6 Å². The van der Waals surface area contributed by atoms with E-state index in [1.54, 1.807) is 25.1 Å². The van der Waals surface area contributed by atoms with E-state index in [-0.39, 0.29) is 17.3 Å². The van der Waals surface area contributed by atoms with Crippen LogP contribution in [0.4, 0.5) is 11.4 Å². The maximum Gasteiger partial charge on any atom is 0.243 e. The summed E-state index contributed by atoms with van der Waals surface area (Å²) < 4.78 is 25.9. The number of rotatable bonds is 6. The zero-order valence-electron chi connectivity index (χ0n) is 15.8. The van der Waals surface area contributed by atoms with Crippen molar-refractivity contribution in [2.75, 3.05) is 31.3 Å². The lowest BCUT2D eigenvalue weighted by Gasteiger charge is -2.16. The fraction of sp³-hybridized carbons (Fsp3) is 0.316. The average Bonchev–Trinajstić information content (AvgIpc) is 2.57. The molecule has 2 N–H and O–H groups in total. The van der Waals surface area contributed by atoms with E-state index < -0.39 is 10.0 Å². The number of sulfonamides is 1. The van der Waals surface area contributed by atoms with Crippen LogP contribution < -0.4 is 10.6 Å². The van der Waals surface area contributed by atoms with Gasteiger partial charge in [-0.25, -0.2) is 12.7 Å². The number of hydrogen-bond acceptors (Lipinski definition) is 4. The Hall–Kier alpha value is -2.38. The van der Waals surface area contributed by atoms with E-state index in [9.17, 15) is 13.2 Å². The van der Waals surface area contributed by atoms with E-state index in [0.717, 1.165) is 16.8 Å². The molecule has 140 valence electrons. The molecule has 0 saturated carbocycles. The summed E-state index contributed by atoms with van der Waals surface area (Å²) in [5, 5.41) is 5.88. The third kappa shape index (κ3) is 4.42. The van der Waals surface area contributed by atoms with Crippen LogP contribution >= 0.6 is 0 Å². The number of anilines is 2. The monoisotopic (exact) mass is 375 g/mol. The second-order valence-electron chi connectivity index (χ2n) is 6.44. The van der Waals surface area contributed by atoms with Crippen LogP contribution in [0.2, 0.25) is 0 Å². The van der Waals surface area contributed by atoms with Crippen LogP contribution in [0.5, 0.6) is 0 Å². The summed E-state index contributed by atoms with van der Waals surface area (Å²) >= 11 is 0. The van der Waals surface area contributed by atoms with Crippen molar-refractivity contribution in [1.82, 2.24) is 4.31 Å². The van der Waals surface area contributed by atoms with Gasteiger partial charge in [-0.2, -0.15) is 0 Å². The average molecular weight is 375 g/mol. The standard InChI is InChI=1S/C19H25N3O3S/c1-13-9-10-16(11-17(13)26(24,25)22(4)5)20-12-18(23)21-19-14(2)7-6-8-15(19)3/h6-11,20H,12H2,1-5H3,(H,21,23). The Morgan fingerprint density at radius 3 is 2.19 bits per heavy atom. The van der Waals surface area contributed by atoms with Crippen molar-refractivity contribution < 1.29 is 13.2 Å². The van der Waals surface area contributed by atoms with Gasteiger partial charge in [-0.15, -0.1) is 0 Å². The lowest BCUT2D eigenvalue weighted by atomic mass is 10.1. The van der Waals surface area contributed by atoms with Gasteiger partial charge >= 0.3 is 0 Å². The Bertz CT molecular complexity index is 901. The molecule has 0 saturated heterocycles. The van der Waals surface area contributed by atoms with E-state index in [1.165, 1.54) is 18.4 Å². The van der Waals surface area contributed by atoms with Gasteiger partial charge in [0.15, 0.2) is 0 Å². The Balaban J connectivity index is 2.12. The third-order valence-electron chi connectivity index (χ3n) is 4.15. The zero-order valence-corrected chi connectivity index (χ0v) is 16.6. The molecule has 26 heavy (non-hydrogen) atoms. The maximum absolute atomic E-state index is 12.4. The number of nitrogens with one attached hydrogen (secondary N) is 2. The second kappa shape index (κ2) is 7.88. The molecule has 0 radical (unpaired) electrons. The van der Waals surface area contributed by atoms with Gasteiger partial charge in [-0.05, 0) is 49.6 Å². The maximum atomic E-state index is 12.4. The number of carbonyl (C=O) groups is 1. The molecule has 2 aromatic carbocycles. The van der Waals surface area contributed by atoms with Crippen molar-refractivity contribution in [3.63, 3.8) is 0 Å². The highest BCUT2D eigenvalue weighted by Crippen LogP contribution is 2.23. The number of aryl methyl sites for hydroxylation is 3. The van der Waals surface area contributed by atoms with E-state index in [1.807, 2.05) is 32.0 Å². The Morgan fingerprint density at radius 1 is 1.00 bits per heavy atom. The van der Waals surface area contributed by atoms with E-state index in [2.05, 4.69) is 10.6 Å². The van der Waals surface area contributed by atoms with Crippen LogP contribution in [0, 0.1) is 20.8 Å². The largest absolute Gasteiger partial charge is 0.376 e. The molecule has 0 aromatic heterocycles. The first-order valence-corrected chi connectivity index (χ1v) is 9.70. The number of amides is 1. The fourth-order valence-electron chi connectivity index (χ4n) is 2.56. The van der Waals surface area contributed by atoms with E-state index in [0.29, 0.717) is 11.3 Å². The van der Waals surface area contributed by atoms with E-state index >= 15 is 0 Å². The lowest BCUT2D eigenvalue weighted by Crippen LogP contribution is -2.24. The summed E-state index contributed by atoms with van der Waals surface area (Å²) in [4.78, 5) is 12.5. The minimum Gasteiger partial charge on any atom is -0.376 e. The van der Waals surface area contributed by atoms with Crippen LogP contribution in [0.1, 0.15) is 16.7 Å². The number of hydrogen-bond donors (Lipinski definition) is 2. The molecule has 0 aliphatic carbocycles. The Labute approximate surface area is 155 Å². The molecule has 7 heteroatoms. The second-order valence-corrected chi connectivity index (χ2v) is 8.56. The minimum absolute atomic E-state index is 0.0400. The van der Waals surface area contributed by atoms with E-state index in [4.69, 9.17) is 0 Å². The molecule has 2 rings (SSSR count). The predicted octanol–water partition coefficient (Wildman–Crippen LogP) is 2.91. The SMILES string of the molecule is Cc1ccc(NCC(=O)Nc2c(C)cccc2C)cc1S(=O)(=O)N(C)C. The zero-order chi connectivity index (χ0) is 19.5. The first-order valence-electron chi connectivity index (χ1n) is 8.26. The number of benzene rings is 2. The first-order chi connectivity index (χ1) is 12.1. The molecule has 0 atom stereocenters. The van der Waals surface area contributed by atoms with Crippen LogP contribution in [0.15, 0.2) is 41.3 Å². The molecule has 0 aliphatic rings. The lowest BCUT2D eigenvalue weighted by molar-refractivity contribution is -0.114. The molecule has 0 aliphatic heterocycles. The molecule has 0 fully saturated rings. The molecule has 0 bridgehead atoms. The third-order valence-corrected chi connectivity index (χ3v) is 6.10. The van der Waals surface area contributed by atoms with Crippen molar-refractivity contribution in [2.24, 2.45) is 0 Å². The number of nitrogens with zero attached hydrogens (tertiary/aromatic N) is 1. The summed E-state index contributed by atoms with van der Waals surface area (Å²) in [5.74, 6) is -0.194. The highest BCUT2D eigenvalue weighted by atomic mass is 32.2. The van der Waals surface area contributed by atoms with Gasteiger partial charge in [0.25, 0.3) is 0 Å². The van der Waals surface area contributed by atoms with Gasteiger partial charge in [0.1, 0.15) is 0 Å². The summed E-state index contributed by atoms with van der Waals surface area (Å²) in [6, 6.07) is 10.9. The summed E-state index contributed by atoms with van der Waals surface area (Å²) in [7, 11) is -0.550. The van der Waals surface area contributed by atoms with Crippen LogP contribution in [0.25, 0.3) is 0 Å². The molecule has 2 aromatic rings. The number of carbonyl (C=O) groups excluding carboxylic acids is 1. The van der Waals surface area contributed by atoms with Crippen LogP contribution in [-0.2, 0) is 14.8 Å². The normalized spacial score (nSPS) is 11.5. The van der Waals surface area contributed by atoms with Gasteiger partial charge in [0, 0.05) is 25.5 Å². The van der Waals surface area contributed by atoms with Gasteiger partial charge in [-0.1, -0.05) is 24.3 Å². The highest BCUT2D eigenvalue weighted by molar-refractivity contribution is 7.89. The predicted molar refractivity (Wildman–Crippen MR) is 105 cm³/mol. The van der Waals surface area contributed by atoms with Crippen LogP contribution in [-0.4, -0.2) is 39.3 Å². The Morgan fingerprint density at radius 2 is 1.62 bits per heavy atom. The highest BCUT2D eigenvalue weighted by Gasteiger charge is 2.20. The topological polar surface area (TPSA) is 78.5 Å². The quantitative estimate of drug-likeness (QED) is 0.814. The molecule has 0 heterocycles. The summed E-state index contributed by atoms with van der Waals surface area (Å²) in [5.41, 5.74) is 4.03. The first kappa shape index (κ1) is 19.9. The van der Waals surface area contributed by atoms with Gasteiger partial charge in [0.05, 0.1) is 11.4 Å². The molecule has 0 spiro atoms. The molecular weight excluding hydrogens is 350 g/mol. The van der Waals surface area contributed by atoms with Crippen molar-refractivity contribution in [1.29, 1.82) is 0 Å². The minimum atomic E-state index is -3.54. The van der Waals surface area contributed by atoms with Crippen LogP contribution in [0.3, 0.4) is 0 Å². The number of para-hydroxylation sites is 1. The fourth-order valence-corrected chi connectivity index (χ4v) is 3.71. The Kier molecular flexibility index (Phi) is 6.05. The van der Waals surface area contributed by atoms with Gasteiger partial charge in [0.2, 0.25) is 15.9 Å². The van der Waals surface area contributed by atoms with Crippen molar-refractivity contribution in [3.8, 4) is 0 Å². The summed E-state index contributed by atoms with van der Waals surface area (Å²) in [6.45, 7) is 5.66. The van der Waals surface area contributed by atoms with Crippen molar-refractivity contribution >= 4 is 27.3 Å². The smallest absolute Gasteiger partial charge is 0.243 e. The van der Waals surface area contributed by atoms with Gasteiger partial charge in [-0.3, -0.25) is 4.79 Å².